The number of aliphatic carboxylic acids is 1. The Hall–Kier alpha value is -2.24. The number of ether oxygens (including phenoxy) is 2. The van der Waals surface area contributed by atoms with E-state index in [9.17, 15) is 14.7 Å². The van der Waals surface area contributed by atoms with Gasteiger partial charge in [-0.05, 0) is 50.3 Å². The third-order valence-corrected chi connectivity index (χ3v) is 4.44. The predicted octanol–water partition coefficient (Wildman–Crippen LogP) is 3.90. The maximum atomic E-state index is 12.2. The van der Waals surface area contributed by atoms with E-state index < -0.39 is 11.6 Å². The molecule has 0 aliphatic carbocycles. The summed E-state index contributed by atoms with van der Waals surface area (Å²) in [6, 6.07) is 7.48. The lowest BCUT2D eigenvalue weighted by atomic mass is 9.90. The highest BCUT2D eigenvalue weighted by Gasteiger charge is 2.30. The number of hydrogen-bond donors (Lipinski definition) is 1. The van der Waals surface area contributed by atoms with E-state index in [1.165, 1.54) is 13.8 Å². The van der Waals surface area contributed by atoms with Crippen molar-refractivity contribution in [2.75, 3.05) is 19.7 Å². The van der Waals surface area contributed by atoms with Gasteiger partial charge in [0, 0.05) is 19.0 Å². The molecule has 0 aromatic heterocycles. The largest absolute Gasteiger partial charge is 0.478 e. The SMILES string of the molecule is CC(C)COC(=O)N1CCCC(c2cccc(OC(C)(C)C(=O)O)c2)C1. The molecule has 1 unspecified atom stereocenters. The summed E-state index contributed by atoms with van der Waals surface area (Å²) in [4.78, 5) is 25.2. The first-order valence-corrected chi connectivity index (χ1v) is 9.13. The summed E-state index contributed by atoms with van der Waals surface area (Å²) in [5, 5.41) is 9.22. The number of piperidine rings is 1. The number of carbonyl (C=O) groups is 2. The molecular weight excluding hydrogens is 334 g/mol. The highest BCUT2D eigenvalue weighted by Crippen LogP contribution is 2.30. The van der Waals surface area contributed by atoms with Gasteiger partial charge in [-0.15, -0.1) is 0 Å². The molecule has 6 heteroatoms. The van der Waals surface area contributed by atoms with Crippen molar-refractivity contribution in [3.05, 3.63) is 29.8 Å². The summed E-state index contributed by atoms with van der Waals surface area (Å²) in [6.07, 6.45) is 1.62. The van der Waals surface area contributed by atoms with Gasteiger partial charge >= 0.3 is 12.1 Å². The Morgan fingerprint density at radius 2 is 2.08 bits per heavy atom. The zero-order valence-corrected chi connectivity index (χ0v) is 16.0. The Morgan fingerprint density at radius 1 is 1.35 bits per heavy atom. The maximum absolute atomic E-state index is 12.2. The number of benzene rings is 1. The molecule has 0 spiro atoms. The number of nitrogens with zero attached hydrogens (tertiary/aromatic N) is 1. The van der Waals surface area contributed by atoms with E-state index in [0.29, 0.717) is 31.4 Å². The highest BCUT2D eigenvalue weighted by atomic mass is 16.6. The highest BCUT2D eigenvalue weighted by molar-refractivity contribution is 5.76. The van der Waals surface area contributed by atoms with Gasteiger partial charge in [-0.2, -0.15) is 0 Å². The molecule has 1 heterocycles. The molecule has 1 aromatic carbocycles. The third kappa shape index (κ3) is 5.38. The molecule has 1 aliphatic heterocycles. The molecule has 6 nitrogen and oxygen atoms in total. The Labute approximate surface area is 155 Å². The second kappa shape index (κ2) is 8.43. The van der Waals surface area contributed by atoms with Gasteiger partial charge in [0.1, 0.15) is 5.75 Å². The van der Waals surface area contributed by atoms with Gasteiger partial charge < -0.3 is 19.5 Å². The molecule has 1 aliphatic rings. The summed E-state index contributed by atoms with van der Waals surface area (Å²) in [5.74, 6) is 0.00634. The first kappa shape index (κ1) is 20.1. The topological polar surface area (TPSA) is 76.1 Å². The van der Waals surface area contributed by atoms with E-state index in [2.05, 4.69) is 0 Å². The van der Waals surface area contributed by atoms with Crippen LogP contribution in [0.2, 0.25) is 0 Å². The average molecular weight is 363 g/mol. The van der Waals surface area contributed by atoms with Crippen LogP contribution in [0.5, 0.6) is 5.75 Å². The molecule has 0 saturated carbocycles. The van der Waals surface area contributed by atoms with Gasteiger partial charge in [0.15, 0.2) is 5.60 Å². The molecule has 144 valence electrons. The van der Waals surface area contributed by atoms with Gasteiger partial charge in [-0.1, -0.05) is 26.0 Å². The molecule has 2 rings (SSSR count). The van der Waals surface area contributed by atoms with Crippen LogP contribution in [-0.2, 0) is 9.53 Å². The zero-order valence-electron chi connectivity index (χ0n) is 16.0. The van der Waals surface area contributed by atoms with Crippen LogP contribution < -0.4 is 4.74 Å². The van der Waals surface area contributed by atoms with Crippen LogP contribution in [0.3, 0.4) is 0 Å². The van der Waals surface area contributed by atoms with Crippen LogP contribution in [0.15, 0.2) is 24.3 Å². The lowest BCUT2D eigenvalue weighted by Crippen LogP contribution is -2.40. The van der Waals surface area contributed by atoms with Gasteiger partial charge in [-0.25, -0.2) is 9.59 Å². The van der Waals surface area contributed by atoms with E-state index in [0.717, 1.165) is 18.4 Å². The van der Waals surface area contributed by atoms with E-state index >= 15 is 0 Å². The lowest BCUT2D eigenvalue weighted by Gasteiger charge is -2.32. The van der Waals surface area contributed by atoms with Crippen LogP contribution >= 0.6 is 0 Å². The van der Waals surface area contributed by atoms with Crippen LogP contribution in [0.4, 0.5) is 4.79 Å². The first-order chi connectivity index (χ1) is 12.2. The Kier molecular flexibility index (Phi) is 6.51. The van der Waals surface area contributed by atoms with E-state index in [1.807, 2.05) is 32.0 Å². The average Bonchev–Trinajstić information content (AvgIpc) is 2.59. The number of hydrogen-bond acceptors (Lipinski definition) is 4. The minimum atomic E-state index is -1.29. The summed E-state index contributed by atoms with van der Waals surface area (Å²) >= 11 is 0. The summed E-state index contributed by atoms with van der Waals surface area (Å²) in [5.41, 5.74) is -0.247. The van der Waals surface area contributed by atoms with Crippen LogP contribution in [-0.4, -0.2) is 47.4 Å². The van der Waals surface area contributed by atoms with E-state index in [1.54, 1.807) is 11.0 Å². The van der Waals surface area contributed by atoms with Crippen molar-refractivity contribution < 1.29 is 24.2 Å². The number of carboxylic acid groups (broad SMARTS) is 1. The number of rotatable bonds is 6. The van der Waals surface area contributed by atoms with Crippen molar-refractivity contribution in [3.8, 4) is 5.75 Å². The molecule has 1 aromatic rings. The van der Waals surface area contributed by atoms with Crippen molar-refractivity contribution in [1.82, 2.24) is 4.90 Å². The lowest BCUT2D eigenvalue weighted by molar-refractivity contribution is -0.152. The Bertz CT molecular complexity index is 641. The minimum Gasteiger partial charge on any atom is -0.478 e. The van der Waals surface area contributed by atoms with Crippen LogP contribution in [0, 0.1) is 5.92 Å². The first-order valence-electron chi connectivity index (χ1n) is 9.13. The third-order valence-electron chi connectivity index (χ3n) is 4.44. The number of likely N-dealkylation sites (tertiary alicyclic amines) is 1. The predicted molar refractivity (Wildman–Crippen MR) is 98.5 cm³/mol. The fraction of sp³-hybridized carbons (Fsp3) is 0.600. The molecule has 1 N–H and O–H groups in total. The van der Waals surface area contributed by atoms with Crippen molar-refractivity contribution in [1.29, 1.82) is 0 Å². The second-order valence-electron chi connectivity index (χ2n) is 7.75. The summed E-state index contributed by atoms with van der Waals surface area (Å²) in [7, 11) is 0. The molecular formula is C20H29NO5. The molecule has 0 radical (unpaired) electrons. The Balaban J connectivity index is 2.05. The van der Waals surface area contributed by atoms with Gasteiger partial charge in [0.25, 0.3) is 0 Å². The quantitative estimate of drug-likeness (QED) is 0.829. The van der Waals surface area contributed by atoms with Crippen molar-refractivity contribution in [2.24, 2.45) is 5.92 Å². The summed E-state index contributed by atoms with van der Waals surface area (Å²) < 4.78 is 11.0. The molecule has 26 heavy (non-hydrogen) atoms. The molecule has 1 amide bonds. The molecule has 1 fully saturated rings. The van der Waals surface area contributed by atoms with E-state index in [4.69, 9.17) is 9.47 Å². The second-order valence-corrected chi connectivity index (χ2v) is 7.75. The normalized spacial score (nSPS) is 17.9. The van der Waals surface area contributed by atoms with Crippen LogP contribution in [0.1, 0.15) is 52.0 Å². The molecule has 0 bridgehead atoms. The van der Waals surface area contributed by atoms with E-state index in [-0.39, 0.29) is 12.0 Å². The van der Waals surface area contributed by atoms with Crippen molar-refractivity contribution in [2.45, 2.75) is 52.1 Å². The van der Waals surface area contributed by atoms with Gasteiger partial charge in [-0.3, -0.25) is 0 Å². The minimum absolute atomic E-state index is 0.187. The van der Waals surface area contributed by atoms with Crippen LogP contribution in [0.25, 0.3) is 0 Å². The fourth-order valence-electron chi connectivity index (χ4n) is 2.91. The Morgan fingerprint density at radius 3 is 2.73 bits per heavy atom. The number of amides is 1. The fourth-order valence-corrected chi connectivity index (χ4v) is 2.91. The monoisotopic (exact) mass is 363 g/mol. The van der Waals surface area contributed by atoms with Gasteiger partial charge in [0.05, 0.1) is 6.61 Å². The van der Waals surface area contributed by atoms with Crippen molar-refractivity contribution >= 4 is 12.1 Å². The maximum Gasteiger partial charge on any atom is 0.409 e. The summed E-state index contributed by atoms with van der Waals surface area (Å²) in [6.45, 7) is 8.79. The zero-order chi connectivity index (χ0) is 19.3. The smallest absolute Gasteiger partial charge is 0.409 e. The molecule has 1 atom stereocenters. The van der Waals surface area contributed by atoms with Gasteiger partial charge in [0.2, 0.25) is 0 Å². The molecule has 1 saturated heterocycles. The number of carbonyl (C=O) groups excluding carboxylic acids is 1. The standard InChI is InChI=1S/C20H29NO5/c1-14(2)13-25-19(24)21-10-6-8-16(12-21)15-7-5-9-17(11-15)26-20(3,4)18(22)23/h5,7,9,11,14,16H,6,8,10,12-13H2,1-4H3,(H,22,23). The van der Waals surface area contributed by atoms with Crippen molar-refractivity contribution in [3.63, 3.8) is 0 Å². The number of carboxylic acids is 1.